The third-order valence-corrected chi connectivity index (χ3v) is 12.2. The Labute approximate surface area is 203 Å². The molecule has 0 aromatic rings. The maximum atomic E-state index is 11.8. The fourth-order valence-corrected chi connectivity index (χ4v) is 10.5. The van der Waals surface area contributed by atoms with E-state index in [4.69, 9.17) is 0 Å². The van der Waals surface area contributed by atoms with E-state index in [0.29, 0.717) is 23.7 Å². The van der Waals surface area contributed by atoms with Crippen molar-refractivity contribution in [3.8, 4) is 0 Å². The van der Waals surface area contributed by atoms with Gasteiger partial charge in [-0.15, -0.1) is 0 Å². The molecule has 0 aliphatic heterocycles. The summed E-state index contributed by atoms with van der Waals surface area (Å²) in [5.41, 5.74) is 1.13. The minimum Gasteiger partial charge on any atom is -0.393 e. The molecule has 0 radical (unpaired) electrons. The van der Waals surface area contributed by atoms with Crippen LogP contribution in [0.1, 0.15) is 107 Å². The van der Waals surface area contributed by atoms with E-state index in [-0.39, 0.29) is 45.9 Å². The Morgan fingerprint density at radius 3 is 2.24 bits per heavy atom. The zero-order valence-corrected chi connectivity index (χ0v) is 22.7. The molecular formula is C30H52O3. The molecule has 3 N–H and O–H groups in total. The SMILES string of the molecule is CC(C)=CCCC(C)C1CCC2(C)C1C(O)CC1C3(C)CCC(O)C(C)(C)C3C(O)CC12C. The lowest BCUT2D eigenvalue weighted by atomic mass is 9.34. The number of hydrogen-bond acceptors (Lipinski definition) is 3. The Balaban J connectivity index is 1.67. The number of aliphatic hydroxyl groups excluding tert-OH is 3. The van der Waals surface area contributed by atoms with Gasteiger partial charge in [-0.3, -0.25) is 0 Å². The van der Waals surface area contributed by atoms with Gasteiger partial charge in [-0.05, 0) is 116 Å². The van der Waals surface area contributed by atoms with Crippen LogP contribution >= 0.6 is 0 Å². The number of fused-ring (bicyclic) bond motifs is 5. The normalized spacial score (nSPS) is 51.8. The average molecular weight is 461 g/mol. The molecule has 0 saturated heterocycles. The molecule has 4 aliphatic rings. The van der Waals surface area contributed by atoms with Crippen molar-refractivity contribution in [1.82, 2.24) is 0 Å². The van der Waals surface area contributed by atoms with Crippen LogP contribution in [-0.4, -0.2) is 33.6 Å². The first kappa shape index (κ1) is 25.7. The highest BCUT2D eigenvalue weighted by Crippen LogP contribution is 2.75. The Hall–Kier alpha value is -0.380. The Bertz CT molecular complexity index is 769. The van der Waals surface area contributed by atoms with Gasteiger partial charge in [0, 0.05) is 0 Å². The van der Waals surface area contributed by atoms with Crippen LogP contribution in [-0.2, 0) is 0 Å². The van der Waals surface area contributed by atoms with Crippen molar-refractivity contribution in [2.45, 2.75) is 125 Å². The molecule has 0 bridgehead atoms. The zero-order chi connectivity index (χ0) is 24.6. The average Bonchev–Trinajstić information content (AvgIpc) is 3.07. The first-order valence-electron chi connectivity index (χ1n) is 13.9. The molecule has 190 valence electrons. The van der Waals surface area contributed by atoms with E-state index in [0.717, 1.165) is 32.1 Å². The molecular weight excluding hydrogens is 408 g/mol. The highest BCUT2D eigenvalue weighted by molar-refractivity contribution is 5.20. The van der Waals surface area contributed by atoms with Crippen molar-refractivity contribution in [1.29, 1.82) is 0 Å². The van der Waals surface area contributed by atoms with Crippen molar-refractivity contribution >= 4 is 0 Å². The van der Waals surface area contributed by atoms with Crippen molar-refractivity contribution in [3.63, 3.8) is 0 Å². The van der Waals surface area contributed by atoms with Crippen molar-refractivity contribution in [3.05, 3.63) is 11.6 Å². The van der Waals surface area contributed by atoms with Gasteiger partial charge in [-0.2, -0.15) is 0 Å². The van der Waals surface area contributed by atoms with Crippen LogP contribution < -0.4 is 0 Å². The predicted octanol–water partition coefficient (Wildman–Crippen LogP) is 6.36. The molecule has 11 unspecified atom stereocenters. The topological polar surface area (TPSA) is 60.7 Å². The minimum absolute atomic E-state index is 0.0221. The van der Waals surface area contributed by atoms with Crippen LogP contribution in [0.5, 0.6) is 0 Å². The molecule has 33 heavy (non-hydrogen) atoms. The molecule has 0 aromatic carbocycles. The first-order valence-corrected chi connectivity index (χ1v) is 13.9. The van der Waals surface area contributed by atoms with Crippen molar-refractivity contribution in [2.75, 3.05) is 0 Å². The second-order valence-electron chi connectivity index (χ2n) is 14.4. The standard InChI is InChI=1S/C30H52O3/c1-18(2)10-9-11-19(3)20-12-15-29(7)25(20)21(31)16-23-28(6)14-13-24(33)27(4,5)26(28)22(32)17-30(23,29)8/h10,19-26,31-33H,9,11-17H2,1-8H3. The molecule has 4 aliphatic carbocycles. The van der Waals surface area contributed by atoms with Crippen LogP contribution in [0, 0.1) is 51.2 Å². The van der Waals surface area contributed by atoms with Gasteiger partial charge in [0.2, 0.25) is 0 Å². The van der Waals surface area contributed by atoms with Gasteiger partial charge in [0.15, 0.2) is 0 Å². The third kappa shape index (κ3) is 3.61. The lowest BCUT2D eigenvalue weighted by Gasteiger charge is -2.71. The summed E-state index contributed by atoms with van der Waals surface area (Å²) in [5, 5.41) is 34.3. The van der Waals surface area contributed by atoms with E-state index in [1.807, 2.05) is 0 Å². The zero-order valence-electron chi connectivity index (χ0n) is 22.7. The maximum absolute atomic E-state index is 11.8. The van der Waals surface area contributed by atoms with Gasteiger partial charge in [-0.25, -0.2) is 0 Å². The largest absolute Gasteiger partial charge is 0.393 e. The minimum atomic E-state index is -0.386. The summed E-state index contributed by atoms with van der Waals surface area (Å²) < 4.78 is 0. The summed E-state index contributed by atoms with van der Waals surface area (Å²) in [6.45, 7) is 18.4. The van der Waals surface area contributed by atoms with Crippen LogP contribution in [0.25, 0.3) is 0 Å². The molecule has 3 heteroatoms. The third-order valence-electron chi connectivity index (χ3n) is 12.2. The lowest BCUT2D eigenvalue weighted by molar-refractivity contribution is -0.271. The summed E-state index contributed by atoms with van der Waals surface area (Å²) in [6.07, 6.45) is 9.49. The molecule has 4 fully saturated rings. The van der Waals surface area contributed by atoms with Gasteiger partial charge in [0.1, 0.15) is 0 Å². The molecule has 11 atom stereocenters. The molecule has 0 aromatic heterocycles. The van der Waals surface area contributed by atoms with Crippen LogP contribution in [0.15, 0.2) is 11.6 Å². The quantitative estimate of drug-likeness (QED) is 0.428. The van der Waals surface area contributed by atoms with Crippen molar-refractivity contribution in [2.24, 2.45) is 51.2 Å². The smallest absolute Gasteiger partial charge is 0.0595 e. The summed E-state index contributed by atoms with van der Waals surface area (Å²) >= 11 is 0. The van der Waals surface area contributed by atoms with Crippen molar-refractivity contribution < 1.29 is 15.3 Å². The van der Waals surface area contributed by atoms with E-state index < -0.39 is 0 Å². The summed E-state index contributed by atoms with van der Waals surface area (Å²) in [7, 11) is 0. The highest BCUT2D eigenvalue weighted by atomic mass is 16.3. The molecule has 0 spiro atoms. The number of hydrogen-bond donors (Lipinski definition) is 3. The number of aliphatic hydroxyl groups is 3. The van der Waals surface area contributed by atoms with E-state index in [1.54, 1.807) is 0 Å². The molecule has 4 rings (SSSR count). The summed E-state index contributed by atoms with van der Waals surface area (Å²) in [5.74, 6) is 1.99. The maximum Gasteiger partial charge on any atom is 0.0595 e. The number of rotatable bonds is 4. The van der Waals surface area contributed by atoms with Crippen LogP contribution in [0.3, 0.4) is 0 Å². The van der Waals surface area contributed by atoms with E-state index in [1.165, 1.54) is 24.8 Å². The van der Waals surface area contributed by atoms with Gasteiger partial charge in [-0.1, -0.05) is 53.2 Å². The highest BCUT2D eigenvalue weighted by Gasteiger charge is 2.72. The first-order chi connectivity index (χ1) is 15.2. The Morgan fingerprint density at radius 1 is 0.939 bits per heavy atom. The van der Waals surface area contributed by atoms with Gasteiger partial charge >= 0.3 is 0 Å². The van der Waals surface area contributed by atoms with Gasteiger partial charge < -0.3 is 15.3 Å². The predicted molar refractivity (Wildman–Crippen MR) is 136 cm³/mol. The second-order valence-corrected chi connectivity index (χ2v) is 14.4. The molecule has 0 amide bonds. The monoisotopic (exact) mass is 460 g/mol. The second kappa shape index (κ2) is 8.34. The van der Waals surface area contributed by atoms with Crippen LogP contribution in [0.4, 0.5) is 0 Å². The Kier molecular flexibility index (Phi) is 6.50. The van der Waals surface area contributed by atoms with Gasteiger partial charge in [0.05, 0.1) is 18.3 Å². The number of allylic oxidation sites excluding steroid dienone is 2. The van der Waals surface area contributed by atoms with E-state index in [9.17, 15) is 15.3 Å². The summed E-state index contributed by atoms with van der Waals surface area (Å²) in [6, 6.07) is 0. The van der Waals surface area contributed by atoms with Gasteiger partial charge in [0.25, 0.3) is 0 Å². The fourth-order valence-electron chi connectivity index (χ4n) is 10.5. The fraction of sp³-hybridized carbons (Fsp3) is 0.933. The van der Waals surface area contributed by atoms with E-state index >= 15 is 0 Å². The lowest BCUT2D eigenvalue weighted by Crippen LogP contribution is -2.69. The summed E-state index contributed by atoms with van der Waals surface area (Å²) in [4.78, 5) is 0. The molecule has 3 nitrogen and oxygen atoms in total. The molecule has 0 heterocycles. The van der Waals surface area contributed by atoms with Crippen LogP contribution in [0.2, 0.25) is 0 Å². The molecule has 4 saturated carbocycles. The Morgan fingerprint density at radius 2 is 1.61 bits per heavy atom. The van der Waals surface area contributed by atoms with E-state index in [2.05, 4.69) is 61.5 Å².